The summed E-state index contributed by atoms with van der Waals surface area (Å²) in [5.41, 5.74) is -0.0360. The minimum absolute atomic E-state index is 0.0120. The SMILES string of the molecule is COCC(O)Cc1cc(F)ccc1[N+](=O)[O-]. The number of benzene rings is 1. The van der Waals surface area contributed by atoms with E-state index in [4.69, 9.17) is 4.74 Å². The van der Waals surface area contributed by atoms with Crippen molar-refractivity contribution in [2.24, 2.45) is 0 Å². The molecule has 1 unspecified atom stereocenters. The molecule has 0 aromatic heterocycles. The number of nitro benzene ring substituents is 1. The molecule has 0 aliphatic heterocycles. The maximum absolute atomic E-state index is 12.9. The third-order valence-corrected chi connectivity index (χ3v) is 2.05. The standard InChI is InChI=1S/C10H12FNO4/c1-16-6-9(13)5-7-4-8(11)2-3-10(7)12(14)15/h2-4,9,13H,5-6H2,1H3. The molecule has 5 nitrogen and oxygen atoms in total. The zero-order valence-corrected chi connectivity index (χ0v) is 8.72. The minimum atomic E-state index is -0.884. The second-order valence-electron chi connectivity index (χ2n) is 3.34. The fraction of sp³-hybridized carbons (Fsp3) is 0.400. The molecule has 0 fully saturated rings. The molecule has 0 saturated carbocycles. The Morgan fingerprint density at radius 2 is 2.31 bits per heavy atom. The number of ether oxygens (including phenoxy) is 1. The highest BCUT2D eigenvalue weighted by molar-refractivity contribution is 5.40. The lowest BCUT2D eigenvalue weighted by Gasteiger charge is -2.09. The van der Waals surface area contributed by atoms with Gasteiger partial charge in [-0.3, -0.25) is 10.1 Å². The normalized spacial score (nSPS) is 12.4. The molecule has 88 valence electrons. The van der Waals surface area contributed by atoms with Gasteiger partial charge in [-0.1, -0.05) is 0 Å². The van der Waals surface area contributed by atoms with Gasteiger partial charge in [-0.25, -0.2) is 4.39 Å². The smallest absolute Gasteiger partial charge is 0.272 e. The Hall–Kier alpha value is -1.53. The molecule has 0 heterocycles. The van der Waals surface area contributed by atoms with Gasteiger partial charge in [0.2, 0.25) is 0 Å². The van der Waals surface area contributed by atoms with Gasteiger partial charge >= 0.3 is 0 Å². The first-order chi connectivity index (χ1) is 7.54. The van der Waals surface area contributed by atoms with Crippen molar-refractivity contribution in [3.05, 3.63) is 39.7 Å². The molecular weight excluding hydrogens is 217 g/mol. The number of hydrogen-bond acceptors (Lipinski definition) is 4. The van der Waals surface area contributed by atoms with Crippen LogP contribution in [-0.4, -0.2) is 29.9 Å². The summed E-state index contributed by atoms with van der Waals surface area (Å²) < 4.78 is 17.6. The fourth-order valence-corrected chi connectivity index (χ4v) is 1.40. The van der Waals surface area contributed by atoms with Gasteiger partial charge in [-0.2, -0.15) is 0 Å². The zero-order valence-electron chi connectivity index (χ0n) is 8.72. The molecule has 16 heavy (non-hydrogen) atoms. The van der Waals surface area contributed by atoms with Crippen molar-refractivity contribution in [1.82, 2.24) is 0 Å². The van der Waals surface area contributed by atoms with Gasteiger partial charge in [-0.15, -0.1) is 0 Å². The summed E-state index contributed by atoms with van der Waals surface area (Å²) in [4.78, 5) is 10.0. The van der Waals surface area contributed by atoms with E-state index in [9.17, 15) is 19.6 Å². The van der Waals surface area contributed by atoms with Crippen LogP contribution in [0.1, 0.15) is 5.56 Å². The first-order valence-electron chi connectivity index (χ1n) is 4.64. The van der Waals surface area contributed by atoms with E-state index < -0.39 is 16.8 Å². The molecule has 0 aliphatic rings. The van der Waals surface area contributed by atoms with Crippen molar-refractivity contribution in [1.29, 1.82) is 0 Å². The summed E-state index contributed by atoms with van der Waals surface area (Å²) in [6.07, 6.45) is -0.896. The van der Waals surface area contributed by atoms with E-state index in [-0.39, 0.29) is 24.3 Å². The van der Waals surface area contributed by atoms with E-state index in [1.54, 1.807) is 0 Å². The quantitative estimate of drug-likeness (QED) is 0.609. The van der Waals surface area contributed by atoms with Crippen LogP contribution >= 0.6 is 0 Å². The van der Waals surface area contributed by atoms with Gasteiger partial charge in [0.25, 0.3) is 5.69 Å². The Morgan fingerprint density at radius 1 is 1.62 bits per heavy atom. The van der Waals surface area contributed by atoms with Crippen LogP contribution in [0.2, 0.25) is 0 Å². The largest absolute Gasteiger partial charge is 0.390 e. The first-order valence-corrected chi connectivity index (χ1v) is 4.64. The minimum Gasteiger partial charge on any atom is -0.390 e. The van der Waals surface area contributed by atoms with Gasteiger partial charge in [0.15, 0.2) is 0 Å². The number of hydrogen-bond donors (Lipinski definition) is 1. The highest BCUT2D eigenvalue weighted by Gasteiger charge is 2.17. The molecule has 1 rings (SSSR count). The van der Waals surface area contributed by atoms with E-state index in [1.165, 1.54) is 7.11 Å². The number of aliphatic hydroxyl groups is 1. The number of rotatable bonds is 5. The molecule has 1 aromatic carbocycles. The van der Waals surface area contributed by atoms with Gasteiger partial charge in [0.05, 0.1) is 17.6 Å². The maximum Gasteiger partial charge on any atom is 0.272 e. The third kappa shape index (κ3) is 3.25. The molecule has 0 radical (unpaired) electrons. The van der Waals surface area contributed by atoms with Crippen molar-refractivity contribution in [3.63, 3.8) is 0 Å². The van der Waals surface area contributed by atoms with E-state index in [0.29, 0.717) is 0 Å². The van der Waals surface area contributed by atoms with Gasteiger partial charge in [0.1, 0.15) is 5.82 Å². The van der Waals surface area contributed by atoms with Crippen LogP contribution in [0.25, 0.3) is 0 Å². The van der Waals surface area contributed by atoms with Gasteiger partial charge in [0, 0.05) is 25.2 Å². The van der Waals surface area contributed by atoms with Crippen molar-refractivity contribution in [2.45, 2.75) is 12.5 Å². The number of nitrogens with zero attached hydrogens (tertiary/aromatic N) is 1. The number of halogens is 1. The lowest BCUT2D eigenvalue weighted by molar-refractivity contribution is -0.385. The average Bonchev–Trinajstić information content (AvgIpc) is 2.17. The van der Waals surface area contributed by atoms with Crippen LogP contribution in [0.5, 0.6) is 0 Å². The Balaban J connectivity index is 2.92. The number of aliphatic hydroxyl groups excluding tert-OH is 1. The summed E-state index contributed by atoms with van der Waals surface area (Å²) in [7, 11) is 1.41. The van der Waals surface area contributed by atoms with Crippen LogP contribution in [0, 0.1) is 15.9 Å². The van der Waals surface area contributed by atoms with Crippen molar-refractivity contribution < 1.29 is 19.2 Å². The van der Waals surface area contributed by atoms with Gasteiger partial charge < -0.3 is 9.84 Å². The summed E-state index contributed by atoms with van der Waals surface area (Å²) in [5.74, 6) is -0.565. The van der Waals surface area contributed by atoms with Crippen LogP contribution in [0.15, 0.2) is 18.2 Å². The van der Waals surface area contributed by atoms with Crippen LogP contribution in [0.4, 0.5) is 10.1 Å². The summed E-state index contributed by atoms with van der Waals surface area (Å²) in [6, 6.07) is 3.16. The predicted octanol–water partition coefficient (Wildman–Crippen LogP) is 1.28. The first kappa shape index (κ1) is 12.5. The molecule has 0 spiro atoms. The Bertz CT molecular complexity index is 383. The van der Waals surface area contributed by atoms with Crippen LogP contribution < -0.4 is 0 Å². The number of methoxy groups -OCH3 is 1. The molecular formula is C10H12FNO4. The second kappa shape index (κ2) is 5.53. The van der Waals surface area contributed by atoms with E-state index in [0.717, 1.165) is 18.2 Å². The third-order valence-electron chi connectivity index (χ3n) is 2.05. The van der Waals surface area contributed by atoms with Crippen LogP contribution in [0.3, 0.4) is 0 Å². The van der Waals surface area contributed by atoms with E-state index in [2.05, 4.69) is 0 Å². The van der Waals surface area contributed by atoms with E-state index >= 15 is 0 Å². The molecule has 1 atom stereocenters. The summed E-state index contributed by atoms with van der Waals surface area (Å²) >= 11 is 0. The molecule has 0 saturated heterocycles. The molecule has 0 amide bonds. The second-order valence-corrected chi connectivity index (χ2v) is 3.34. The Labute approximate surface area is 91.6 Å². The maximum atomic E-state index is 12.9. The lowest BCUT2D eigenvalue weighted by atomic mass is 10.1. The number of nitro groups is 1. The Morgan fingerprint density at radius 3 is 2.88 bits per heavy atom. The van der Waals surface area contributed by atoms with Crippen molar-refractivity contribution in [2.75, 3.05) is 13.7 Å². The topological polar surface area (TPSA) is 72.6 Å². The Kier molecular flexibility index (Phi) is 4.33. The lowest BCUT2D eigenvalue weighted by Crippen LogP contribution is -2.17. The fourth-order valence-electron chi connectivity index (χ4n) is 1.40. The van der Waals surface area contributed by atoms with E-state index in [1.807, 2.05) is 0 Å². The molecule has 1 aromatic rings. The summed E-state index contributed by atoms with van der Waals surface area (Å²) in [6.45, 7) is 0.0493. The monoisotopic (exact) mass is 229 g/mol. The van der Waals surface area contributed by atoms with Gasteiger partial charge in [-0.05, 0) is 12.1 Å². The predicted molar refractivity (Wildman–Crippen MR) is 54.6 cm³/mol. The summed E-state index contributed by atoms with van der Waals surface area (Å²) in [5, 5.41) is 20.1. The highest BCUT2D eigenvalue weighted by Crippen LogP contribution is 2.21. The molecule has 0 bridgehead atoms. The molecule has 6 heteroatoms. The average molecular weight is 229 g/mol. The zero-order chi connectivity index (χ0) is 12.1. The van der Waals surface area contributed by atoms with Crippen LogP contribution in [-0.2, 0) is 11.2 Å². The van der Waals surface area contributed by atoms with Crippen molar-refractivity contribution >= 4 is 5.69 Å². The van der Waals surface area contributed by atoms with Crippen molar-refractivity contribution in [3.8, 4) is 0 Å². The molecule has 0 aliphatic carbocycles. The molecule has 1 N–H and O–H groups in total. The highest BCUT2D eigenvalue weighted by atomic mass is 19.1.